The van der Waals surface area contributed by atoms with E-state index in [-0.39, 0.29) is 29.7 Å². The molecule has 0 bridgehead atoms. The van der Waals surface area contributed by atoms with Crippen molar-refractivity contribution < 1.29 is 27.8 Å². The molecule has 0 saturated carbocycles. The third-order valence-corrected chi connectivity index (χ3v) is 4.33. The zero-order valence-electron chi connectivity index (χ0n) is 14.8. The van der Waals surface area contributed by atoms with Gasteiger partial charge in [0.1, 0.15) is 23.3 Å². The predicted octanol–water partition coefficient (Wildman–Crippen LogP) is 2.98. The van der Waals surface area contributed by atoms with Crippen molar-refractivity contribution in [1.29, 1.82) is 0 Å². The summed E-state index contributed by atoms with van der Waals surface area (Å²) in [6.45, 7) is 5.65. The fourth-order valence-electron chi connectivity index (χ4n) is 2.38. The summed E-state index contributed by atoms with van der Waals surface area (Å²) in [6, 6.07) is 1.37. The number of hydrogen-bond donors (Lipinski definition) is 1. The molecular formula is C17H21BrF2N2O4. The molecule has 0 aromatic heterocycles. The molecule has 2 amide bonds. The lowest BCUT2D eigenvalue weighted by atomic mass is 10.2. The van der Waals surface area contributed by atoms with Crippen LogP contribution in [-0.4, -0.2) is 48.3 Å². The molecule has 1 aromatic carbocycles. The summed E-state index contributed by atoms with van der Waals surface area (Å²) in [7, 11) is 0. The molecule has 1 aliphatic heterocycles. The van der Waals surface area contributed by atoms with E-state index in [1.165, 1.54) is 4.90 Å². The molecule has 9 heteroatoms. The van der Waals surface area contributed by atoms with Gasteiger partial charge in [-0.2, -0.15) is 0 Å². The first-order valence-corrected chi connectivity index (χ1v) is 8.86. The minimum atomic E-state index is -0.872. The Labute approximate surface area is 158 Å². The molecule has 1 fully saturated rings. The Morgan fingerprint density at radius 3 is 2.54 bits per heavy atom. The first kappa shape index (κ1) is 20.6. The molecule has 2 rings (SSSR count). The van der Waals surface area contributed by atoms with Gasteiger partial charge in [-0.05, 0) is 54.4 Å². The predicted molar refractivity (Wildman–Crippen MR) is 93.5 cm³/mol. The molecule has 0 spiro atoms. The highest BCUT2D eigenvalue weighted by Gasteiger charge is 2.35. The molecule has 144 valence electrons. The maximum absolute atomic E-state index is 13.6. The van der Waals surface area contributed by atoms with Crippen LogP contribution in [0.1, 0.15) is 26.3 Å². The number of nitrogens with one attached hydrogen (secondary N) is 1. The van der Waals surface area contributed by atoms with E-state index in [4.69, 9.17) is 9.47 Å². The number of nitrogens with zero attached hydrogens (tertiary/aromatic N) is 1. The molecule has 0 aliphatic carbocycles. The van der Waals surface area contributed by atoms with Crippen molar-refractivity contribution in [2.24, 2.45) is 0 Å². The number of carbonyl (C=O) groups excluding carboxylic acids is 2. The van der Waals surface area contributed by atoms with E-state index in [1.807, 2.05) is 0 Å². The normalized spacial score (nSPS) is 17.8. The minimum Gasteiger partial charge on any atom is -0.444 e. The highest BCUT2D eigenvalue weighted by atomic mass is 79.9. The van der Waals surface area contributed by atoms with Crippen molar-refractivity contribution in [3.05, 3.63) is 33.8 Å². The number of ether oxygens (including phenoxy) is 2. The molecule has 0 unspecified atom stereocenters. The molecule has 1 aliphatic rings. The van der Waals surface area contributed by atoms with E-state index in [9.17, 15) is 18.4 Å². The standard InChI is InChI=1S/C17H21BrF2N2O4/c1-17(2,3)26-16(24)22-4-5-25-9-13(22)15(23)21-8-10-6-11(19)14(18)12(20)7-10/h6-7,13H,4-5,8-9H2,1-3H3,(H,21,23)/t13-/m1/s1. The number of amides is 2. The lowest BCUT2D eigenvalue weighted by molar-refractivity contribution is -0.132. The van der Waals surface area contributed by atoms with Crippen molar-refractivity contribution in [3.8, 4) is 0 Å². The summed E-state index contributed by atoms with van der Waals surface area (Å²) in [5.41, 5.74) is -0.430. The number of halogens is 3. The molecule has 1 N–H and O–H groups in total. The minimum absolute atomic E-state index is 0.0220. The van der Waals surface area contributed by atoms with Crippen molar-refractivity contribution in [2.75, 3.05) is 19.8 Å². The molecule has 26 heavy (non-hydrogen) atoms. The van der Waals surface area contributed by atoms with Crippen LogP contribution in [0.25, 0.3) is 0 Å². The van der Waals surface area contributed by atoms with Crippen LogP contribution in [0, 0.1) is 11.6 Å². The zero-order valence-corrected chi connectivity index (χ0v) is 16.4. The van der Waals surface area contributed by atoms with E-state index in [1.54, 1.807) is 20.8 Å². The Balaban J connectivity index is 2.03. The lowest BCUT2D eigenvalue weighted by Crippen LogP contribution is -2.56. The Morgan fingerprint density at radius 1 is 1.35 bits per heavy atom. The summed E-state index contributed by atoms with van der Waals surface area (Å²) in [6.07, 6.45) is -0.610. The van der Waals surface area contributed by atoms with Crippen molar-refractivity contribution in [3.63, 3.8) is 0 Å². The number of benzene rings is 1. The topological polar surface area (TPSA) is 67.9 Å². The van der Waals surface area contributed by atoms with Gasteiger partial charge in [0, 0.05) is 13.1 Å². The summed E-state index contributed by atoms with van der Waals surface area (Å²) >= 11 is 2.79. The van der Waals surface area contributed by atoms with Gasteiger partial charge in [0.25, 0.3) is 0 Å². The van der Waals surface area contributed by atoms with Crippen LogP contribution in [0.4, 0.5) is 13.6 Å². The third-order valence-electron chi connectivity index (χ3n) is 3.57. The van der Waals surface area contributed by atoms with Gasteiger partial charge in [0.15, 0.2) is 0 Å². The number of morpholine rings is 1. The molecule has 1 heterocycles. The van der Waals surface area contributed by atoms with Gasteiger partial charge in [0.2, 0.25) is 5.91 Å². The summed E-state index contributed by atoms with van der Waals surface area (Å²) < 4.78 is 37.4. The lowest BCUT2D eigenvalue weighted by Gasteiger charge is -2.35. The van der Waals surface area contributed by atoms with E-state index in [2.05, 4.69) is 21.2 Å². The maximum atomic E-state index is 13.6. The van der Waals surface area contributed by atoms with E-state index >= 15 is 0 Å². The van der Waals surface area contributed by atoms with Gasteiger partial charge in [-0.25, -0.2) is 13.6 Å². The average molecular weight is 435 g/mol. The number of carbonyl (C=O) groups is 2. The van der Waals surface area contributed by atoms with Crippen molar-refractivity contribution in [1.82, 2.24) is 10.2 Å². The Kier molecular flexibility index (Phi) is 6.57. The third kappa shape index (κ3) is 5.38. The Bertz CT molecular complexity index is 671. The van der Waals surface area contributed by atoms with Gasteiger partial charge in [-0.1, -0.05) is 0 Å². The van der Waals surface area contributed by atoms with Crippen LogP contribution in [0.15, 0.2) is 16.6 Å². The SMILES string of the molecule is CC(C)(C)OC(=O)N1CCOC[C@@H]1C(=O)NCc1cc(F)c(Br)c(F)c1. The van der Waals surface area contributed by atoms with E-state index < -0.39 is 35.3 Å². The van der Waals surface area contributed by atoms with E-state index in [0.717, 1.165) is 12.1 Å². The van der Waals surface area contributed by atoms with Gasteiger partial charge < -0.3 is 14.8 Å². The van der Waals surface area contributed by atoms with Crippen LogP contribution in [0.5, 0.6) is 0 Å². The first-order chi connectivity index (χ1) is 12.1. The van der Waals surface area contributed by atoms with Crippen LogP contribution in [-0.2, 0) is 20.8 Å². The summed E-state index contributed by atoms with van der Waals surface area (Å²) in [5, 5.41) is 2.57. The van der Waals surface area contributed by atoms with Gasteiger partial charge in [0.05, 0.1) is 17.7 Å². The Morgan fingerprint density at radius 2 is 1.96 bits per heavy atom. The summed E-state index contributed by atoms with van der Waals surface area (Å²) in [5.74, 6) is -2.00. The number of rotatable bonds is 3. The first-order valence-electron chi connectivity index (χ1n) is 8.07. The van der Waals surface area contributed by atoms with Crippen LogP contribution in [0.3, 0.4) is 0 Å². The van der Waals surface area contributed by atoms with Gasteiger partial charge in [-0.3, -0.25) is 9.69 Å². The smallest absolute Gasteiger partial charge is 0.411 e. The highest BCUT2D eigenvalue weighted by Crippen LogP contribution is 2.21. The molecule has 0 radical (unpaired) electrons. The van der Waals surface area contributed by atoms with E-state index in [0.29, 0.717) is 6.61 Å². The van der Waals surface area contributed by atoms with Gasteiger partial charge in [-0.15, -0.1) is 0 Å². The van der Waals surface area contributed by atoms with Crippen LogP contribution in [0.2, 0.25) is 0 Å². The highest BCUT2D eigenvalue weighted by molar-refractivity contribution is 9.10. The van der Waals surface area contributed by atoms with Crippen molar-refractivity contribution >= 4 is 27.9 Å². The fraction of sp³-hybridized carbons (Fsp3) is 0.529. The second kappa shape index (κ2) is 8.30. The van der Waals surface area contributed by atoms with Crippen LogP contribution >= 0.6 is 15.9 Å². The molecule has 6 nitrogen and oxygen atoms in total. The Hall–Kier alpha value is -1.74. The largest absolute Gasteiger partial charge is 0.444 e. The summed E-state index contributed by atoms with van der Waals surface area (Å²) in [4.78, 5) is 26.0. The monoisotopic (exact) mass is 434 g/mol. The second-order valence-corrected chi connectivity index (χ2v) is 7.65. The fourth-order valence-corrected chi connectivity index (χ4v) is 2.61. The van der Waals surface area contributed by atoms with Crippen LogP contribution < -0.4 is 5.32 Å². The molecule has 1 saturated heterocycles. The van der Waals surface area contributed by atoms with Crippen molar-refractivity contribution in [2.45, 2.75) is 39.0 Å². The maximum Gasteiger partial charge on any atom is 0.411 e. The molecular weight excluding hydrogens is 414 g/mol. The second-order valence-electron chi connectivity index (χ2n) is 6.86. The quantitative estimate of drug-likeness (QED) is 0.742. The zero-order chi connectivity index (χ0) is 19.5. The van der Waals surface area contributed by atoms with Gasteiger partial charge >= 0.3 is 6.09 Å². The molecule has 1 atom stereocenters. The molecule has 1 aromatic rings. The number of hydrogen-bond acceptors (Lipinski definition) is 4. The average Bonchev–Trinajstić information content (AvgIpc) is 2.55.